The summed E-state index contributed by atoms with van der Waals surface area (Å²) in [4.78, 5) is 11.6. The van der Waals surface area contributed by atoms with Gasteiger partial charge in [-0.2, -0.15) is 0 Å². The highest BCUT2D eigenvalue weighted by atomic mass is 35.5. The van der Waals surface area contributed by atoms with Crippen LogP contribution in [0.2, 0.25) is 5.02 Å². The molecule has 1 aromatic rings. The number of carboxylic acid groups (broad SMARTS) is 1. The van der Waals surface area contributed by atoms with E-state index in [0.717, 1.165) is 6.42 Å². The Balaban J connectivity index is 2.24. The van der Waals surface area contributed by atoms with Crippen molar-refractivity contribution in [2.24, 2.45) is 0 Å². The van der Waals surface area contributed by atoms with Crippen LogP contribution in [0.15, 0.2) is 6.07 Å². The first kappa shape index (κ1) is 12.4. The number of hydrogen-bond acceptors (Lipinski definition) is 4. The number of phenolic OH excluding ortho intramolecular Hbond substituents is 1. The lowest BCUT2D eigenvalue weighted by atomic mass is 9.64. The molecular formula is C13H13ClO5. The van der Waals surface area contributed by atoms with Crippen molar-refractivity contribution in [2.75, 3.05) is 13.2 Å². The third kappa shape index (κ3) is 1.64. The summed E-state index contributed by atoms with van der Waals surface area (Å²) in [5.41, 5.74) is -0.854. The minimum absolute atomic E-state index is 0.0896. The third-order valence-electron chi connectivity index (χ3n) is 3.85. The van der Waals surface area contributed by atoms with E-state index in [1.807, 2.05) is 0 Å². The summed E-state index contributed by atoms with van der Waals surface area (Å²) >= 11 is 5.96. The zero-order valence-electron chi connectivity index (χ0n) is 10.1. The van der Waals surface area contributed by atoms with Crippen molar-refractivity contribution in [3.8, 4) is 17.2 Å². The maximum absolute atomic E-state index is 11.6. The number of halogens is 1. The molecule has 0 radical (unpaired) electrons. The van der Waals surface area contributed by atoms with E-state index in [9.17, 15) is 15.0 Å². The molecule has 0 amide bonds. The van der Waals surface area contributed by atoms with E-state index in [1.54, 1.807) is 0 Å². The number of aliphatic carboxylic acids is 1. The van der Waals surface area contributed by atoms with Crippen molar-refractivity contribution in [2.45, 2.75) is 24.7 Å². The molecule has 1 heterocycles. The quantitative estimate of drug-likeness (QED) is 0.872. The maximum atomic E-state index is 11.6. The average Bonchev–Trinajstić information content (AvgIpc) is 2.32. The number of phenols is 1. The number of fused-ring (bicyclic) bond motifs is 1. The Hall–Kier alpha value is -1.62. The molecule has 2 N–H and O–H groups in total. The summed E-state index contributed by atoms with van der Waals surface area (Å²) in [7, 11) is 0. The molecule has 0 bridgehead atoms. The Morgan fingerprint density at radius 1 is 1.32 bits per heavy atom. The van der Waals surface area contributed by atoms with Crippen LogP contribution in [0.25, 0.3) is 0 Å². The lowest BCUT2D eigenvalue weighted by Gasteiger charge is -2.40. The minimum atomic E-state index is -1.11. The number of benzene rings is 1. The van der Waals surface area contributed by atoms with E-state index in [0.29, 0.717) is 37.6 Å². The molecule has 0 saturated heterocycles. The fourth-order valence-electron chi connectivity index (χ4n) is 2.69. The molecular weight excluding hydrogens is 272 g/mol. The number of ether oxygens (including phenoxy) is 2. The Morgan fingerprint density at radius 2 is 2.00 bits per heavy atom. The van der Waals surface area contributed by atoms with Gasteiger partial charge in [-0.1, -0.05) is 18.0 Å². The van der Waals surface area contributed by atoms with E-state index in [-0.39, 0.29) is 16.3 Å². The van der Waals surface area contributed by atoms with Crippen molar-refractivity contribution in [1.29, 1.82) is 0 Å². The van der Waals surface area contributed by atoms with Crippen molar-refractivity contribution in [1.82, 2.24) is 0 Å². The van der Waals surface area contributed by atoms with Gasteiger partial charge >= 0.3 is 5.97 Å². The predicted molar refractivity (Wildman–Crippen MR) is 67.3 cm³/mol. The zero-order chi connectivity index (χ0) is 13.6. The van der Waals surface area contributed by atoms with Crippen molar-refractivity contribution in [3.63, 3.8) is 0 Å². The lowest BCUT2D eigenvalue weighted by Crippen LogP contribution is -2.43. The molecule has 1 saturated carbocycles. The molecule has 1 fully saturated rings. The smallest absolute Gasteiger partial charge is 0.314 e. The van der Waals surface area contributed by atoms with Gasteiger partial charge in [0.2, 0.25) is 0 Å². The lowest BCUT2D eigenvalue weighted by molar-refractivity contribution is -0.147. The number of hydrogen-bond donors (Lipinski definition) is 2. The van der Waals surface area contributed by atoms with Gasteiger partial charge in [0.1, 0.15) is 24.4 Å². The summed E-state index contributed by atoms with van der Waals surface area (Å²) in [5, 5.41) is 19.8. The molecule has 5 nitrogen and oxygen atoms in total. The predicted octanol–water partition coefficient (Wildman–Crippen LogP) is 2.32. The van der Waals surface area contributed by atoms with Crippen molar-refractivity contribution >= 4 is 17.6 Å². The van der Waals surface area contributed by atoms with E-state index in [2.05, 4.69) is 0 Å². The largest absolute Gasteiger partial charge is 0.506 e. The van der Waals surface area contributed by atoms with Crippen molar-refractivity contribution < 1.29 is 24.5 Å². The molecule has 1 aliphatic heterocycles. The molecule has 0 atom stereocenters. The Labute approximate surface area is 114 Å². The van der Waals surface area contributed by atoms with Gasteiger partial charge in [-0.05, 0) is 12.8 Å². The Kier molecular flexibility index (Phi) is 2.74. The first-order chi connectivity index (χ1) is 9.06. The molecule has 1 aliphatic carbocycles. The first-order valence-corrected chi connectivity index (χ1v) is 6.49. The average molecular weight is 285 g/mol. The third-order valence-corrected chi connectivity index (χ3v) is 4.14. The highest BCUT2D eigenvalue weighted by Crippen LogP contribution is 2.55. The van der Waals surface area contributed by atoms with Gasteiger partial charge in [0, 0.05) is 6.07 Å². The van der Waals surface area contributed by atoms with E-state index < -0.39 is 11.4 Å². The van der Waals surface area contributed by atoms with Crippen LogP contribution in [0.5, 0.6) is 17.2 Å². The summed E-state index contributed by atoms with van der Waals surface area (Å²) in [6.07, 6.45) is 1.73. The van der Waals surface area contributed by atoms with Crippen LogP contribution in [-0.4, -0.2) is 29.4 Å². The highest BCUT2D eigenvalue weighted by Gasteiger charge is 2.51. The van der Waals surface area contributed by atoms with Crippen LogP contribution in [0.3, 0.4) is 0 Å². The van der Waals surface area contributed by atoms with Crippen LogP contribution >= 0.6 is 11.6 Å². The second-order valence-electron chi connectivity index (χ2n) is 4.85. The Bertz CT molecular complexity index is 550. The molecule has 1 aromatic carbocycles. The molecule has 0 aromatic heterocycles. The topological polar surface area (TPSA) is 76.0 Å². The van der Waals surface area contributed by atoms with Crippen LogP contribution < -0.4 is 9.47 Å². The maximum Gasteiger partial charge on any atom is 0.314 e. The number of carboxylic acids is 1. The van der Waals surface area contributed by atoms with Crippen LogP contribution in [0, 0.1) is 0 Å². The van der Waals surface area contributed by atoms with E-state index in [1.165, 1.54) is 6.07 Å². The van der Waals surface area contributed by atoms with Gasteiger partial charge in [-0.25, -0.2) is 0 Å². The van der Waals surface area contributed by atoms with Crippen molar-refractivity contribution in [3.05, 3.63) is 16.7 Å². The standard InChI is InChI=1S/C13H13ClO5/c14-7-6-8-11(19-5-4-18-8)9(10(7)15)13(12(16)17)2-1-3-13/h6,15H,1-5H2,(H,16,17). The van der Waals surface area contributed by atoms with Gasteiger partial charge in [-0.15, -0.1) is 0 Å². The zero-order valence-corrected chi connectivity index (χ0v) is 10.9. The summed E-state index contributed by atoms with van der Waals surface area (Å²) in [6, 6.07) is 1.46. The van der Waals surface area contributed by atoms with Gasteiger partial charge in [0.05, 0.1) is 10.6 Å². The first-order valence-electron chi connectivity index (χ1n) is 6.11. The van der Waals surface area contributed by atoms with E-state index >= 15 is 0 Å². The van der Waals surface area contributed by atoms with E-state index in [4.69, 9.17) is 21.1 Å². The molecule has 6 heteroatoms. The second kappa shape index (κ2) is 4.20. The summed E-state index contributed by atoms with van der Waals surface area (Å²) in [5.74, 6) is -0.465. The summed E-state index contributed by atoms with van der Waals surface area (Å²) < 4.78 is 10.9. The fraction of sp³-hybridized carbons (Fsp3) is 0.462. The molecule has 2 aliphatic rings. The fourth-order valence-corrected chi connectivity index (χ4v) is 2.88. The summed E-state index contributed by atoms with van der Waals surface area (Å²) in [6.45, 7) is 0.713. The highest BCUT2D eigenvalue weighted by molar-refractivity contribution is 6.32. The SMILES string of the molecule is O=C(O)C1(c2c(O)c(Cl)cc3c2OCCO3)CCC1. The van der Waals surface area contributed by atoms with Gasteiger partial charge in [0.15, 0.2) is 11.5 Å². The van der Waals surface area contributed by atoms with Gasteiger partial charge in [0.25, 0.3) is 0 Å². The number of rotatable bonds is 2. The van der Waals surface area contributed by atoms with Crippen LogP contribution in [0.4, 0.5) is 0 Å². The molecule has 102 valence electrons. The monoisotopic (exact) mass is 284 g/mol. The second-order valence-corrected chi connectivity index (χ2v) is 5.25. The minimum Gasteiger partial charge on any atom is -0.506 e. The van der Waals surface area contributed by atoms with Gasteiger partial charge < -0.3 is 19.7 Å². The number of carbonyl (C=O) groups is 1. The number of aromatic hydroxyl groups is 1. The molecule has 0 unspecified atom stereocenters. The molecule has 19 heavy (non-hydrogen) atoms. The Morgan fingerprint density at radius 3 is 2.58 bits per heavy atom. The molecule has 3 rings (SSSR count). The van der Waals surface area contributed by atoms with Gasteiger partial charge in [-0.3, -0.25) is 4.79 Å². The normalized spacial score (nSPS) is 19.6. The van der Waals surface area contributed by atoms with Crippen LogP contribution in [0.1, 0.15) is 24.8 Å². The van der Waals surface area contributed by atoms with Crippen LogP contribution in [-0.2, 0) is 10.2 Å². The molecule has 0 spiro atoms.